The standard InChI is InChI=1S/C44H47F4N7O4/c45-41-40-34-3-1-2-29(25-59-26-44(46,47)48)39(35(34)10-11-36(40)50-51-41)28-4-6-31(7-5-28)53-16-14-27(15-17-53)23-52-18-20-54(21-19-52)32-8-9-33-30(22-32)24-55(43(33)58)37-12-13-38(56)49-42(37)57/h4-11,22,27,37H,1-3,12-21,23-26H2,(H,50,51)(H,49,56,57)/t37-/m0/s1. The van der Waals surface area contributed by atoms with Gasteiger partial charge in [0, 0.05) is 75.7 Å². The molecule has 2 N–H and O–H groups in total. The van der Waals surface area contributed by atoms with E-state index in [0.29, 0.717) is 54.6 Å². The number of fused-ring (bicyclic) bond motifs is 4. The molecular formula is C44H47F4N7O4. The van der Waals surface area contributed by atoms with E-state index in [-0.39, 0.29) is 24.8 Å². The Morgan fingerprint density at radius 2 is 1.54 bits per heavy atom. The van der Waals surface area contributed by atoms with Gasteiger partial charge in [-0.2, -0.15) is 22.7 Å². The highest BCUT2D eigenvalue weighted by molar-refractivity contribution is 6.05. The Labute approximate surface area is 339 Å². The lowest BCUT2D eigenvalue weighted by molar-refractivity contribution is -0.171. The Bertz CT molecular complexity index is 2290. The monoisotopic (exact) mass is 813 g/mol. The third-order valence-electron chi connectivity index (χ3n) is 12.8. The number of piperazine rings is 1. The Hall–Kier alpha value is -5.28. The van der Waals surface area contributed by atoms with Crippen molar-refractivity contribution in [3.05, 3.63) is 93.9 Å². The Morgan fingerprint density at radius 1 is 0.814 bits per heavy atom. The van der Waals surface area contributed by atoms with Gasteiger partial charge < -0.3 is 19.4 Å². The van der Waals surface area contributed by atoms with Crippen LogP contribution < -0.4 is 15.1 Å². The summed E-state index contributed by atoms with van der Waals surface area (Å²) in [7, 11) is 0. The van der Waals surface area contributed by atoms with E-state index in [9.17, 15) is 31.9 Å². The van der Waals surface area contributed by atoms with Gasteiger partial charge in [-0.05, 0) is 114 Å². The zero-order valence-electron chi connectivity index (χ0n) is 32.8. The number of H-pyrrole nitrogens is 1. The minimum atomic E-state index is -4.43. The lowest BCUT2D eigenvalue weighted by Crippen LogP contribution is -2.52. The van der Waals surface area contributed by atoms with Crippen LogP contribution in [0.2, 0.25) is 0 Å². The second-order valence-electron chi connectivity index (χ2n) is 16.5. The van der Waals surface area contributed by atoms with Crippen molar-refractivity contribution in [2.24, 2.45) is 5.92 Å². The number of nitrogens with one attached hydrogen (secondary N) is 2. The fraction of sp³-hybridized carbons (Fsp3) is 0.455. The molecule has 0 unspecified atom stereocenters. The molecule has 1 atom stereocenters. The molecule has 3 fully saturated rings. The third-order valence-corrected chi connectivity index (χ3v) is 12.8. The second kappa shape index (κ2) is 16.1. The molecule has 0 saturated carbocycles. The molecule has 5 aliphatic rings. The molecule has 0 radical (unpaired) electrons. The highest BCUT2D eigenvalue weighted by atomic mass is 19.4. The van der Waals surface area contributed by atoms with Gasteiger partial charge in [0.05, 0.1) is 17.5 Å². The number of piperidine rings is 2. The first-order chi connectivity index (χ1) is 28.5. The SMILES string of the molecule is O=C1CC[C@H](N2Cc3cc(N4CCN(CC5CCN(c6ccc(C7=C(COCC(F)(F)F)CCCc8c7ccc7n[nH]c(F)c87)cc6)CC5)CC4)ccc3C2=O)C(=O)N1. The summed E-state index contributed by atoms with van der Waals surface area (Å²) in [5.74, 6) is -0.786. The lowest BCUT2D eigenvalue weighted by Gasteiger charge is -2.40. The maximum atomic E-state index is 14.9. The molecule has 3 aromatic carbocycles. The van der Waals surface area contributed by atoms with E-state index < -0.39 is 30.7 Å². The van der Waals surface area contributed by atoms with Crippen LogP contribution in [0.15, 0.2) is 60.2 Å². The van der Waals surface area contributed by atoms with E-state index in [0.717, 1.165) is 103 Å². The summed E-state index contributed by atoms with van der Waals surface area (Å²) < 4.78 is 59.3. The molecule has 9 rings (SSSR count). The van der Waals surface area contributed by atoms with Crippen LogP contribution >= 0.6 is 0 Å². The maximum absolute atomic E-state index is 14.9. The van der Waals surface area contributed by atoms with Crippen molar-refractivity contribution in [1.29, 1.82) is 0 Å². The van der Waals surface area contributed by atoms with Gasteiger partial charge in [-0.1, -0.05) is 18.2 Å². The van der Waals surface area contributed by atoms with Gasteiger partial charge >= 0.3 is 6.18 Å². The summed E-state index contributed by atoms with van der Waals surface area (Å²) in [6.45, 7) is 5.43. The zero-order valence-corrected chi connectivity index (χ0v) is 32.8. The summed E-state index contributed by atoms with van der Waals surface area (Å²) in [4.78, 5) is 46.1. The number of benzene rings is 3. The molecule has 3 amide bonds. The minimum absolute atomic E-state index is 0.159. The van der Waals surface area contributed by atoms with Crippen LogP contribution in [0.5, 0.6) is 0 Å². The van der Waals surface area contributed by atoms with E-state index >= 15 is 0 Å². The van der Waals surface area contributed by atoms with Crippen LogP contribution in [0.25, 0.3) is 16.5 Å². The number of rotatable bonds is 9. The number of hydrogen-bond acceptors (Lipinski definition) is 8. The molecule has 4 aromatic rings. The molecule has 0 bridgehead atoms. The summed E-state index contributed by atoms with van der Waals surface area (Å²) in [6.07, 6.45) is 0.0461. The van der Waals surface area contributed by atoms with Crippen molar-refractivity contribution < 1.29 is 36.7 Å². The quantitative estimate of drug-likeness (QED) is 0.152. The molecule has 5 heterocycles. The van der Waals surface area contributed by atoms with Gasteiger partial charge in [0.1, 0.15) is 12.6 Å². The molecule has 4 aliphatic heterocycles. The maximum Gasteiger partial charge on any atom is 0.411 e. The van der Waals surface area contributed by atoms with Crippen molar-refractivity contribution in [3.63, 3.8) is 0 Å². The van der Waals surface area contributed by atoms with Crippen molar-refractivity contribution in [2.45, 2.75) is 63.7 Å². The number of imide groups is 1. The smallest absolute Gasteiger partial charge is 0.372 e. The first-order valence-electron chi connectivity index (χ1n) is 20.6. The highest BCUT2D eigenvalue weighted by Crippen LogP contribution is 2.40. The van der Waals surface area contributed by atoms with Crippen LogP contribution in [0.3, 0.4) is 0 Å². The number of carbonyl (C=O) groups is 3. The molecule has 15 heteroatoms. The van der Waals surface area contributed by atoms with Gasteiger partial charge in [0.25, 0.3) is 5.91 Å². The van der Waals surface area contributed by atoms with Crippen LogP contribution in [-0.4, -0.2) is 109 Å². The van der Waals surface area contributed by atoms with Gasteiger partial charge in [0.15, 0.2) is 0 Å². The van der Waals surface area contributed by atoms with Gasteiger partial charge in [-0.3, -0.25) is 29.7 Å². The van der Waals surface area contributed by atoms with Crippen LogP contribution in [0.1, 0.15) is 71.1 Å². The number of nitrogens with zero attached hydrogens (tertiary/aromatic N) is 5. The molecule has 59 heavy (non-hydrogen) atoms. The first kappa shape index (κ1) is 39.2. The Balaban J connectivity index is 0.805. The zero-order chi connectivity index (χ0) is 40.8. The molecule has 1 aliphatic carbocycles. The van der Waals surface area contributed by atoms with E-state index in [2.05, 4.69) is 48.4 Å². The van der Waals surface area contributed by atoms with Crippen LogP contribution in [0, 0.1) is 11.9 Å². The number of carbonyl (C=O) groups excluding carboxylic acids is 3. The number of halogens is 4. The molecule has 3 saturated heterocycles. The highest BCUT2D eigenvalue weighted by Gasteiger charge is 2.39. The Kier molecular flexibility index (Phi) is 10.7. The number of hydrogen-bond donors (Lipinski definition) is 2. The first-order valence-corrected chi connectivity index (χ1v) is 20.6. The van der Waals surface area contributed by atoms with Crippen LogP contribution in [-0.2, 0) is 27.3 Å². The fourth-order valence-electron chi connectivity index (χ4n) is 9.74. The van der Waals surface area contributed by atoms with E-state index in [4.69, 9.17) is 4.74 Å². The molecule has 0 spiro atoms. The molecule has 310 valence electrons. The van der Waals surface area contributed by atoms with E-state index in [1.54, 1.807) is 11.0 Å². The van der Waals surface area contributed by atoms with Crippen molar-refractivity contribution in [2.75, 3.05) is 68.8 Å². The van der Waals surface area contributed by atoms with Crippen molar-refractivity contribution in [3.8, 4) is 0 Å². The summed E-state index contributed by atoms with van der Waals surface area (Å²) in [6, 6.07) is 17.2. The number of ether oxygens (including phenoxy) is 1. The third kappa shape index (κ3) is 8.06. The molecule has 1 aromatic heterocycles. The average molecular weight is 814 g/mol. The Morgan fingerprint density at radius 3 is 2.29 bits per heavy atom. The van der Waals surface area contributed by atoms with E-state index in [1.807, 2.05) is 30.3 Å². The number of anilines is 2. The average Bonchev–Trinajstić information content (AvgIpc) is 3.70. The number of alkyl halides is 3. The van der Waals surface area contributed by atoms with Crippen molar-refractivity contribution in [1.82, 2.24) is 25.3 Å². The second-order valence-corrected chi connectivity index (χ2v) is 16.5. The van der Waals surface area contributed by atoms with Gasteiger partial charge in [-0.25, -0.2) is 0 Å². The normalized spacial score (nSPS) is 21.0. The van der Waals surface area contributed by atoms with Crippen LogP contribution in [0.4, 0.5) is 28.9 Å². The van der Waals surface area contributed by atoms with Gasteiger partial charge in [-0.15, -0.1) is 0 Å². The minimum Gasteiger partial charge on any atom is -0.372 e. The summed E-state index contributed by atoms with van der Waals surface area (Å²) >= 11 is 0. The number of amides is 3. The summed E-state index contributed by atoms with van der Waals surface area (Å²) in [5, 5.41) is 9.33. The number of aromatic nitrogens is 2. The number of aromatic amines is 1. The van der Waals surface area contributed by atoms with Gasteiger partial charge in [0.2, 0.25) is 17.8 Å². The van der Waals surface area contributed by atoms with Crippen molar-refractivity contribution >= 4 is 45.6 Å². The van der Waals surface area contributed by atoms with E-state index in [1.165, 1.54) is 0 Å². The topological polar surface area (TPSA) is 114 Å². The lowest BCUT2D eigenvalue weighted by atomic mass is 9.89. The number of aryl methyl sites for hydroxylation is 1. The predicted octanol–water partition coefficient (Wildman–Crippen LogP) is 6.22. The predicted molar refractivity (Wildman–Crippen MR) is 214 cm³/mol. The largest absolute Gasteiger partial charge is 0.411 e. The molecular weight excluding hydrogens is 767 g/mol. The fourth-order valence-corrected chi connectivity index (χ4v) is 9.74. The molecule has 11 nitrogen and oxygen atoms in total. The summed E-state index contributed by atoms with van der Waals surface area (Å²) in [5.41, 5.74) is 8.29.